The van der Waals surface area contributed by atoms with E-state index in [4.69, 9.17) is 10.5 Å². The monoisotopic (exact) mass is 221 g/mol. The molecule has 0 aliphatic carbocycles. The topological polar surface area (TPSA) is 73.0 Å². The molecule has 0 saturated heterocycles. The normalized spacial score (nSPS) is 10.9. The Bertz CT molecular complexity index is 542. The molecule has 5 heteroatoms. The number of aryl methyl sites for hydroxylation is 1. The van der Waals surface area contributed by atoms with Gasteiger partial charge in [-0.2, -0.15) is 0 Å². The molecule has 1 heterocycles. The Labute approximate surface area is 92.8 Å². The van der Waals surface area contributed by atoms with E-state index >= 15 is 0 Å². The number of ether oxygens (including phenoxy) is 1. The van der Waals surface area contributed by atoms with Crippen molar-refractivity contribution in [2.45, 2.75) is 6.42 Å². The summed E-state index contributed by atoms with van der Waals surface area (Å²) >= 11 is 0. The van der Waals surface area contributed by atoms with Crippen LogP contribution in [0.5, 0.6) is 5.75 Å². The summed E-state index contributed by atoms with van der Waals surface area (Å²) in [5.74, 6) is 0.753. The lowest BCUT2D eigenvalue weighted by Crippen LogP contribution is -2.11. The van der Waals surface area contributed by atoms with Crippen molar-refractivity contribution in [3.63, 3.8) is 0 Å². The molecular weight excluding hydrogens is 206 g/mol. The first-order valence-electron chi connectivity index (χ1n) is 5.24. The van der Waals surface area contributed by atoms with Gasteiger partial charge < -0.3 is 15.5 Å². The van der Waals surface area contributed by atoms with E-state index in [0.717, 1.165) is 23.2 Å². The van der Waals surface area contributed by atoms with Gasteiger partial charge in [-0.25, -0.2) is 4.79 Å². The highest BCUT2D eigenvalue weighted by atomic mass is 16.5. The van der Waals surface area contributed by atoms with Gasteiger partial charge in [0.15, 0.2) is 0 Å². The minimum Gasteiger partial charge on any atom is -0.493 e. The highest BCUT2D eigenvalue weighted by Crippen LogP contribution is 2.17. The van der Waals surface area contributed by atoms with Crippen LogP contribution in [0.2, 0.25) is 0 Å². The fourth-order valence-corrected chi connectivity index (χ4v) is 1.58. The molecule has 0 atom stereocenters. The summed E-state index contributed by atoms with van der Waals surface area (Å²) in [6.45, 7) is 1.21. The lowest BCUT2D eigenvalue weighted by molar-refractivity contribution is 0.314. The van der Waals surface area contributed by atoms with Gasteiger partial charge in [0.25, 0.3) is 0 Å². The van der Waals surface area contributed by atoms with Gasteiger partial charge in [0.2, 0.25) is 0 Å². The molecule has 0 amide bonds. The molecule has 0 saturated carbocycles. The number of hydrogen-bond acceptors (Lipinski definition) is 3. The fourth-order valence-electron chi connectivity index (χ4n) is 1.58. The summed E-state index contributed by atoms with van der Waals surface area (Å²) in [6, 6.07) is 5.55. The second kappa shape index (κ2) is 4.40. The van der Waals surface area contributed by atoms with Gasteiger partial charge >= 0.3 is 5.69 Å². The number of benzene rings is 1. The zero-order valence-electron chi connectivity index (χ0n) is 9.19. The molecule has 0 unspecified atom stereocenters. The summed E-state index contributed by atoms with van der Waals surface area (Å²) in [5.41, 5.74) is 6.92. The van der Waals surface area contributed by atoms with Crippen LogP contribution in [0.1, 0.15) is 6.42 Å². The van der Waals surface area contributed by atoms with Gasteiger partial charge in [-0.05, 0) is 25.1 Å². The van der Waals surface area contributed by atoms with Crippen molar-refractivity contribution in [2.24, 2.45) is 12.8 Å². The van der Waals surface area contributed by atoms with Crippen LogP contribution in [0.3, 0.4) is 0 Å². The number of rotatable bonds is 4. The van der Waals surface area contributed by atoms with Crippen molar-refractivity contribution >= 4 is 11.0 Å². The minimum atomic E-state index is -0.117. The zero-order valence-corrected chi connectivity index (χ0v) is 9.19. The summed E-state index contributed by atoms with van der Waals surface area (Å²) in [4.78, 5) is 14.1. The molecule has 1 aromatic carbocycles. The summed E-state index contributed by atoms with van der Waals surface area (Å²) in [5, 5.41) is 0. The third-order valence-corrected chi connectivity index (χ3v) is 2.49. The van der Waals surface area contributed by atoms with Crippen molar-refractivity contribution < 1.29 is 4.74 Å². The van der Waals surface area contributed by atoms with Crippen molar-refractivity contribution in [1.82, 2.24) is 9.55 Å². The number of aromatic nitrogens is 2. The van der Waals surface area contributed by atoms with Crippen LogP contribution in [0.15, 0.2) is 23.0 Å². The number of imidazole rings is 1. The van der Waals surface area contributed by atoms with Crippen LogP contribution in [-0.4, -0.2) is 22.7 Å². The summed E-state index contributed by atoms with van der Waals surface area (Å²) < 4.78 is 7.06. The molecule has 2 rings (SSSR count). The number of nitrogens with two attached hydrogens (primary N) is 1. The van der Waals surface area contributed by atoms with Crippen molar-refractivity contribution in [3.8, 4) is 5.75 Å². The molecule has 5 nitrogen and oxygen atoms in total. The van der Waals surface area contributed by atoms with E-state index in [1.165, 1.54) is 0 Å². The molecule has 3 N–H and O–H groups in total. The van der Waals surface area contributed by atoms with E-state index in [2.05, 4.69) is 4.98 Å². The van der Waals surface area contributed by atoms with Gasteiger partial charge in [-0.1, -0.05) is 0 Å². The van der Waals surface area contributed by atoms with Crippen LogP contribution in [-0.2, 0) is 7.05 Å². The highest BCUT2D eigenvalue weighted by molar-refractivity contribution is 5.76. The van der Waals surface area contributed by atoms with Crippen LogP contribution in [0.25, 0.3) is 11.0 Å². The van der Waals surface area contributed by atoms with Crippen molar-refractivity contribution in [1.29, 1.82) is 0 Å². The highest BCUT2D eigenvalue weighted by Gasteiger charge is 2.03. The molecule has 0 radical (unpaired) electrons. The molecule has 2 aromatic rings. The molecular formula is C11H15N3O2. The van der Waals surface area contributed by atoms with E-state index in [1.54, 1.807) is 11.6 Å². The zero-order chi connectivity index (χ0) is 11.5. The molecule has 0 spiro atoms. The first-order chi connectivity index (χ1) is 7.72. The molecule has 0 fully saturated rings. The Kier molecular flexibility index (Phi) is 2.96. The molecule has 16 heavy (non-hydrogen) atoms. The third-order valence-electron chi connectivity index (χ3n) is 2.49. The number of nitrogens with one attached hydrogen (secondary N) is 1. The van der Waals surface area contributed by atoms with Gasteiger partial charge in [0, 0.05) is 13.1 Å². The first-order valence-corrected chi connectivity index (χ1v) is 5.24. The van der Waals surface area contributed by atoms with Crippen molar-refractivity contribution in [2.75, 3.05) is 13.2 Å². The average Bonchev–Trinajstić information content (AvgIpc) is 2.55. The summed E-state index contributed by atoms with van der Waals surface area (Å²) in [7, 11) is 1.73. The second-order valence-electron chi connectivity index (χ2n) is 3.66. The van der Waals surface area contributed by atoms with Gasteiger partial charge in [0.05, 0.1) is 17.6 Å². The number of nitrogens with zero attached hydrogens (tertiary/aromatic N) is 1. The smallest absolute Gasteiger partial charge is 0.326 e. The quantitative estimate of drug-likeness (QED) is 0.742. The lowest BCUT2D eigenvalue weighted by atomic mass is 10.3. The van der Waals surface area contributed by atoms with E-state index < -0.39 is 0 Å². The standard InChI is InChI=1S/C11H15N3O2/c1-14-10-4-3-8(16-6-2-5-12)7-9(10)13-11(14)15/h3-4,7H,2,5-6,12H2,1H3,(H,13,15). The van der Waals surface area contributed by atoms with Crippen LogP contribution < -0.4 is 16.2 Å². The summed E-state index contributed by atoms with van der Waals surface area (Å²) in [6.07, 6.45) is 0.823. The van der Waals surface area contributed by atoms with Gasteiger partial charge in [-0.15, -0.1) is 0 Å². The average molecular weight is 221 g/mol. The van der Waals surface area contributed by atoms with E-state index in [0.29, 0.717) is 13.2 Å². The maximum Gasteiger partial charge on any atom is 0.326 e. The SMILES string of the molecule is Cn1c(=O)[nH]c2cc(OCCCN)ccc21. The lowest BCUT2D eigenvalue weighted by Gasteiger charge is -2.04. The number of hydrogen-bond donors (Lipinski definition) is 2. The van der Waals surface area contributed by atoms with Crippen LogP contribution in [0, 0.1) is 0 Å². The molecule has 0 aliphatic heterocycles. The molecule has 1 aromatic heterocycles. The number of fused-ring (bicyclic) bond motifs is 1. The van der Waals surface area contributed by atoms with Crippen LogP contribution >= 0.6 is 0 Å². The molecule has 0 bridgehead atoms. The predicted molar refractivity (Wildman–Crippen MR) is 62.7 cm³/mol. The Hall–Kier alpha value is -1.75. The second-order valence-corrected chi connectivity index (χ2v) is 3.66. The Morgan fingerprint density at radius 3 is 3.06 bits per heavy atom. The minimum absolute atomic E-state index is 0.117. The maximum absolute atomic E-state index is 11.4. The predicted octanol–water partition coefficient (Wildman–Crippen LogP) is 0.594. The number of aromatic amines is 1. The van der Waals surface area contributed by atoms with Crippen LogP contribution in [0.4, 0.5) is 0 Å². The number of H-pyrrole nitrogens is 1. The van der Waals surface area contributed by atoms with E-state index in [9.17, 15) is 4.79 Å². The first kappa shape index (κ1) is 10.8. The molecule has 0 aliphatic rings. The fraction of sp³-hybridized carbons (Fsp3) is 0.364. The Balaban J connectivity index is 2.27. The molecule has 86 valence electrons. The Morgan fingerprint density at radius 1 is 1.50 bits per heavy atom. The van der Waals surface area contributed by atoms with E-state index in [1.807, 2.05) is 18.2 Å². The Morgan fingerprint density at radius 2 is 2.31 bits per heavy atom. The van der Waals surface area contributed by atoms with Gasteiger partial charge in [-0.3, -0.25) is 4.57 Å². The van der Waals surface area contributed by atoms with Crippen molar-refractivity contribution in [3.05, 3.63) is 28.7 Å². The maximum atomic E-state index is 11.4. The largest absolute Gasteiger partial charge is 0.493 e. The third kappa shape index (κ3) is 1.94. The van der Waals surface area contributed by atoms with E-state index in [-0.39, 0.29) is 5.69 Å². The van der Waals surface area contributed by atoms with Gasteiger partial charge in [0.1, 0.15) is 5.75 Å².